The number of rotatable bonds is 41. The van der Waals surface area contributed by atoms with Gasteiger partial charge in [0.15, 0.2) is 0 Å². The molecule has 0 N–H and O–H groups in total. The van der Waals surface area contributed by atoms with Crippen LogP contribution in [0.3, 0.4) is 0 Å². The van der Waals surface area contributed by atoms with Crippen LogP contribution in [0.5, 0.6) is 0 Å². The first-order chi connectivity index (χ1) is 28.3. The number of hydrogen-bond donors (Lipinski definition) is 0. The minimum Gasteiger partial charge on any atom is -0.744 e. The predicted octanol–water partition coefficient (Wildman–Crippen LogP) is 12.3. The fourth-order valence-electron chi connectivity index (χ4n) is 7.24. The van der Waals surface area contributed by atoms with Crippen molar-refractivity contribution >= 4 is 22.1 Å². The molecule has 0 atom stereocenters. The van der Waals surface area contributed by atoms with E-state index in [-0.39, 0.29) is 53.9 Å². The standard InChI is InChI=1S/C50H86O7S.Na/c1-3-5-7-9-11-13-15-17-19-21-23-25-27-29-31-33-35-37-39-43-56-49(51)47-42-41-46(58(53,54)55)45-48(47)50(52)57-44-40-38-36-34-32-30-28-26-24-22-20-18-16-14-12-10-8-6-4-2;/h9-12,41-42,45H,3-8,13-40,43-44H2,1-2H3,(H,53,54,55);/q;+1/p-1/b11-9+,12-10+;. The largest absolute Gasteiger partial charge is 1.00 e. The second-order valence-corrected chi connectivity index (χ2v) is 17.8. The SMILES string of the molecule is CCCC/C=C/CCCCCCCCCCCCCCCOC(=O)c1ccc(S(=O)(=O)[O-])cc1C(=O)OCCCCCCCCCCCCCCC/C=C/CCCC.[Na+]. The molecule has 0 amide bonds. The van der Waals surface area contributed by atoms with E-state index in [1.165, 1.54) is 179 Å². The van der Waals surface area contributed by atoms with Crippen LogP contribution in [0.25, 0.3) is 0 Å². The molecule has 1 aromatic carbocycles. The number of carbonyl (C=O) groups excluding carboxylic acids is 2. The third kappa shape index (κ3) is 34.8. The van der Waals surface area contributed by atoms with Crippen LogP contribution in [0.4, 0.5) is 0 Å². The first-order valence-electron chi connectivity index (χ1n) is 24.0. The Balaban J connectivity index is 0.0000336. The third-order valence-corrected chi connectivity index (χ3v) is 11.8. The maximum Gasteiger partial charge on any atom is 1.00 e. The molecule has 59 heavy (non-hydrogen) atoms. The van der Waals surface area contributed by atoms with E-state index in [9.17, 15) is 22.6 Å². The second kappa shape index (κ2) is 41.9. The maximum absolute atomic E-state index is 13.0. The van der Waals surface area contributed by atoms with Crippen molar-refractivity contribution in [3.63, 3.8) is 0 Å². The number of allylic oxidation sites excluding steroid dienone is 4. The monoisotopic (exact) mass is 853 g/mol. The summed E-state index contributed by atoms with van der Waals surface area (Å²) in [4.78, 5) is 25.3. The van der Waals surface area contributed by atoms with Gasteiger partial charge in [-0.3, -0.25) is 0 Å². The van der Waals surface area contributed by atoms with E-state index in [4.69, 9.17) is 9.47 Å². The second-order valence-electron chi connectivity index (χ2n) is 16.4. The number of ether oxygens (including phenoxy) is 2. The molecule has 0 saturated heterocycles. The predicted molar refractivity (Wildman–Crippen MR) is 242 cm³/mol. The molecule has 0 saturated carbocycles. The van der Waals surface area contributed by atoms with Crippen LogP contribution < -0.4 is 29.6 Å². The molecule has 0 radical (unpaired) electrons. The molecule has 0 aliphatic carbocycles. The van der Waals surface area contributed by atoms with Gasteiger partial charge in [-0.25, -0.2) is 18.0 Å². The summed E-state index contributed by atoms with van der Waals surface area (Å²) in [6.45, 7) is 4.85. The Kier molecular flexibility index (Phi) is 40.9. The van der Waals surface area contributed by atoms with Gasteiger partial charge in [-0.2, -0.15) is 0 Å². The topological polar surface area (TPSA) is 110 Å². The molecular formula is C50H85NaO7S. The van der Waals surface area contributed by atoms with Crippen molar-refractivity contribution in [2.24, 2.45) is 0 Å². The summed E-state index contributed by atoms with van der Waals surface area (Å²) in [6.07, 6.45) is 50.7. The fraction of sp³-hybridized carbons (Fsp3) is 0.760. The van der Waals surface area contributed by atoms with Gasteiger partial charge in [-0.15, -0.1) is 0 Å². The van der Waals surface area contributed by atoms with Crippen LogP contribution in [-0.2, 0) is 19.6 Å². The Bertz CT molecular complexity index is 1310. The summed E-state index contributed by atoms with van der Waals surface area (Å²) in [7, 11) is -4.82. The third-order valence-electron chi connectivity index (χ3n) is 11.0. The van der Waals surface area contributed by atoms with Gasteiger partial charge in [0.1, 0.15) is 10.1 Å². The van der Waals surface area contributed by atoms with Gasteiger partial charge in [-0.1, -0.05) is 205 Å². The Morgan fingerprint density at radius 1 is 0.458 bits per heavy atom. The van der Waals surface area contributed by atoms with E-state index in [1.54, 1.807) is 0 Å². The van der Waals surface area contributed by atoms with Crippen LogP contribution in [0.2, 0.25) is 0 Å². The van der Waals surface area contributed by atoms with E-state index in [0.29, 0.717) is 12.8 Å². The molecule has 0 spiro atoms. The number of unbranched alkanes of at least 4 members (excludes halogenated alkanes) is 30. The van der Waals surface area contributed by atoms with E-state index < -0.39 is 27.0 Å². The van der Waals surface area contributed by atoms with Crippen molar-refractivity contribution in [1.82, 2.24) is 0 Å². The van der Waals surface area contributed by atoms with Gasteiger partial charge in [-0.05, 0) is 69.6 Å². The quantitative estimate of drug-likeness (QED) is 0.0212. The molecule has 7 nitrogen and oxygen atoms in total. The summed E-state index contributed by atoms with van der Waals surface area (Å²) in [5.41, 5.74) is -0.333. The molecule has 334 valence electrons. The molecule has 0 heterocycles. The van der Waals surface area contributed by atoms with Crippen LogP contribution in [-0.4, -0.2) is 38.1 Å². The number of carbonyl (C=O) groups is 2. The average molecular weight is 853 g/mol. The Labute approximate surface area is 385 Å². The van der Waals surface area contributed by atoms with Gasteiger partial charge in [0.2, 0.25) is 0 Å². The molecule has 0 unspecified atom stereocenters. The summed E-state index contributed by atoms with van der Waals surface area (Å²) in [5.74, 6) is -1.54. The summed E-state index contributed by atoms with van der Waals surface area (Å²) in [5, 5.41) is 0. The van der Waals surface area contributed by atoms with Crippen molar-refractivity contribution in [2.75, 3.05) is 13.2 Å². The van der Waals surface area contributed by atoms with Crippen molar-refractivity contribution in [3.8, 4) is 0 Å². The van der Waals surface area contributed by atoms with Crippen molar-refractivity contribution in [3.05, 3.63) is 53.6 Å². The van der Waals surface area contributed by atoms with Crippen molar-refractivity contribution < 1.29 is 61.6 Å². The fourth-order valence-corrected chi connectivity index (χ4v) is 7.74. The van der Waals surface area contributed by atoms with E-state index >= 15 is 0 Å². The van der Waals surface area contributed by atoms with Crippen LogP contribution in [0, 0.1) is 0 Å². The first-order valence-corrected chi connectivity index (χ1v) is 25.5. The van der Waals surface area contributed by atoms with E-state index in [1.807, 2.05) is 0 Å². The van der Waals surface area contributed by atoms with Gasteiger partial charge < -0.3 is 14.0 Å². The van der Waals surface area contributed by atoms with Crippen molar-refractivity contribution in [2.45, 2.75) is 237 Å². The molecule has 0 aliphatic heterocycles. The number of esters is 2. The van der Waals surface area contributed by atoms with Crippen LogP contribution >= 0.6 is 0 Å². The zero-order valence-electron chi connectivity index (χ0n) is 38.3. The molecule has 0 bridgehead atoms. The van der Waals surface area contributed by atoms with Gasteiger partial charge in [0.25, 0.3) is 0 Å². The van der Waals surface area contributed by atoms with Crippen LogP contribution in [0.1, 0.15) is 253 Å². The normalized spacial score (nSPS) is 11.7. The Hall–Kier alpha value is -1.45. The molecule has 0 aliphatic rings. The number of benzene rings is 1. The maximum atomic E-state index is 13.0. The van der Waals surface area contributed by atoms with Crippen LogP contribution in [0.15, 0.2) is 47.4 Å². The first kappa shape index (κ1) is 57.5. The van der Waals surface area contributed by atoms with E-state index in [0.717, 1.165) is 44.2 Å². The zero-order chi connectivity index (χ0) is 42.2. The average Bonchev–Trinajstić information content (AvgIpc) is 3.21. The van der Waals surface area contributed by atoms with Crippen molar-refractivity contribution in [1.29, 1.82) is 0 Å². The molecular weight excluding hydrogens is 768 g/mol. The van der Waals surface area contributed by atoms with Gasteiger partial charge >= 0.3 is 41.5 Å². The summed E-state index contributed by atoms with van der Waals surface area (Å²) in [6, 6.07) is 3.15. The summed E-state index contributed by atoms with van der Waals surface area (Å²) >= 11 is 0. The molecule has 1 aromatic rings. The summed E-state index contributed by atoms with van der Waals surface area (Å²) < 4.78 is 45.9. The Morgan fingerprint density at radius 3 is 1.07 bits per heavy atom. The smallest absolute Gasteiger partial charge is 0.744 e. The Morgan fingerprint density at radius 2 is 0.746 bits per heavy atom. The van der Waals surface area contributed by atoms with Gasteiger partial charge in [0.05, 0.1) is 29.2 Å². The zero-order valence-corrected chi connectivity index (χ0v) is 41.1. The van der Waals surface area contributed by atoms with Gasteiger partial charge in [0, 0.05) is 0 Å². The molecule has 9 heteroatoms. The van der Waals surface area contributed by atoms with E-state index in [2.05, 4.69) is 38.2 Å². The minimum absolute atomic E-state index is 0. The molecule has 0 aromatic heterocycles. The molecule has 1 rings (SSSR count). The minimum atomic E-state index is -4.82. The number of hydrogen-bond acceptors (Lipinski definition) is 7. The molecule has 0 fully saturated rings.